The first-order valence-electron chi connectivity index (χ1n) is 10.7. The number of hydrogen-bond donors (Lipinski definition) is 0. The summed E-state index contributed by atoms with van der Waals surface area (Å²) in [5.41, 5.74) is 3.47. The van der Waals surface area contributed by atoms with E-state index in [-0.39, 0.29) is 17.4 Å². The van der Waals surface area contributed by atoms with Gasteiger partial charge in [-0.05, 0) is 58.7 Å². The highest BCUT2D eigenvalue weighted by molar-refractivity contribution is 7.90. The van der Waals surface area contributed by atoms with Gasteiger partial charge in [-0.1, -0.05) is 47.5 Å². The summed E-state index contributed by atoms with van der Waals surface area (Å²) in [7, 11) is -3.28. The molecule has 1 heterocycles. The molecule has 32 heavy (non-hydrogen) atoms. The van der Waals surface area contributed by atoms with Gasteiger partial charge in [0.1, 0.15) is 15.4 Å². The van der Waals surface area contributed by atoms with Crippen molar-refractivity contribution in [3.8, 4) is 0 Å². The molecule has 0 aromatic heterocycles. The van der Waals surface area contributed by atoms with E-state index in [4.69, 9.17) is 9.84 Å². The first-order chi connectivity index (χ1) is 14.8. The van der Waals surface area contributed by atoms with Crippen LogP contribution < -0.4 is 5.01 Å². The standard InChI is InChI=1S/C25H32N2O4S/c1-17-7-11-19(12-8-17)22-15-21(16-32(6,29)30)27(20-13-9-18(2)10-14-20)26-23(22)24(28)31-25(3,4)5/h7-14,21-22H,15-16H2,1-6H3. The monoisotopic (exact) mass is 456 g/mol. The maximum atomic E-state index is 13.2. The number of hydrogen-bond acceptors (Lipinski definition) is 6. The number of sulfone groups is 1. The summed E-state index contributed by atoms with van der Waals surface area (Å²) in [5, 5.41) is 6.39. The van der Waals surface area contributed by atoms with Gasteiger partial charge >= 0.3 is 5.97 Å². The van der Waals surface area contributed by atoms with Gasteiger partial charge in [-0.3, -0.25) is 5.01 Å². The molecule has 0 spiro atoms. The summed E-state index contributed by atoms with van der Waals surface area (Å²) >= 11 is 0. The summed E-state index contributed by atoms with van der Waals surface area (Å²) in [6, 6.07) is 15.2. The minimum Gasteiger partial charge on any atom is -0.455 e. The predicted molar refractivity (Wildman–Crippen MR) is 129 cm³/mol. The second-order valence-electron chi connectivity index (χ2n) is 9.61. The van der Waals surface area contributed by atoms with E-state index in [0.717, 1.165) is 22.4 Å². The molecule has 2 unspecified atom stereocenters. The lowest BCUT2D eigenvalue weighted by atomic mass is 9.86. The van der Waals surface area contributed by atoms with Gasteiger partial charge in [0.25, 0.3) is 0 Å². The number of esters is 1. The third-order valence-corrected chi connectivity index (χ3v) is 6.27. The SMILES string of the molecule is Cc1ccc(C2CC(CS(C)(=O)=O)N(c3ccc(C)cc3)N=C2C(=O)OC(C)(C)C)cc1. The van der Waals surface area contributed by atoms with Gasteiger partial charge < -0.3 is 4.74 Å². The summed E-state index contributed by atoms with van der Waals surface area (Å²) < 4.78 is 30.2. The Morgan fingerprint density at radius 2 is 1.56 bits per heavy atom. The van der Waals surface area contributed by atoms with Crippen LogP contribution in [-0.4, -0.2) is 43.8 Å². The topological polar surface area (TPSA) is 76.0 Å². The highest BCUT2D eigenvalue weighted by Gasteiger charge is 2.39. The van der Waals surface area contributed by atoms with Crippen molar-refractivity contribution in [2.45, 2.75) is 58.6 Å². The van der Waals surface area contributed by atoms with E-state index in [1.165, 1.54) is 6.26 Å². The molecule has 6 nitrogen and oxygen atoms in total. The molecule has 0 N–H and O–H groups in total. The predicted octanol–water partition coefficient (Wildman–Crippen LogP) is 4.41. The fourth-order valence-corrected chi connectivity index (χ4v) is 4.79. The van der Waals surface area contributed by atoms with E-state index >= 15 is 0 Å². The van der Waals surface area contributed by atoms with Gasteiger partial charge in [-0.2, -0.15) is 5.10 Å². The van der Waals surface area contributed by atoms with E-state index in [1.807, 2.05) is 83.1 Å². The van der Waals surface area contributed by atoms with Gasteiger partial charge in [0, 0.05) is 12.2 Å². The fourth-order valence-electron chi connectivity index (χ4n) is 3.81. The average Bonchev–Trinajstić information content (AvgIpc) is 2.66. The Kier molecular flexibility index (Phi) is 6.79. The van der Waals surface area contributed by atoms with Crippen molar-refractivity contribution in [2.75, 3.05) is 17.0 Å². The average molecular weight is 457 g/mol. The molecular weight excluding hydrogens is 424 g/mol. The molecule has 0 fully saturated rings. The Morgan fingerprint density at radius 3 is 2.06 bits per heavy atom. The van der Waals surface area contributed by atoms with Crippen LogP contribution in [0.2, 0.25) is 0 Å². The van der Waals surface area contributed by atoms with Crippen molar-refractivity contribution >= 4 is 27.2 Å². The first-order valence-corrected chi connectivity index (χ1v) is 12.8. The largest absolute Gasteiger partial charge is 0.455 e. The molecule has 2 aromatic carbocycles. The molecular formula is C25H32N2O4S. The zero-order valence-corrected chi connectivity index (χ0v) is 20.4. The summed E-state index contributed by atoms with van der Waals surface area (Å²) in [4.78, 5) is 13.2. The number of rotatable bonds is 5. The summed E-state index contributed by atoms with van der Waals surface area (Å²) in [6.07, 6.45) is 1.66. The van der Waals surface area contributed by atoms with E-state index < -0.39 is 27.4 Å². The minimum absolute atomic E-state index is 0.0612. The Morgan fingerprint density at radius 1 is 1.03 bits per heavy atom. The number of nitrogens with zero attached hydrogens (tertiary/aromatic N) is 2. The Bertz CT molecular complexity index is 1100. The maximum Gasteiger partial charge on any atom is 0.355 e. The maximum absolute atomic E-state index is 13.2. The quantitative estimate of drug-likeness (QED) is 0.623. The van der Waals surface area contributed by atoms with Crippen molar-refractivity contribution in [3.63, 3.8) is 0 Å². The zero-order chi connectivity index (χ0) is 23.7. The smallest absolute Gasteiger partial charge is 0.355 e. The molecule has 0 saturated carbocycles. The van der Waals surface area contributed by atoms with Crippen LogP contribution in [0.5, 0.6) is 0 Å². The Labute approximate surface area is 191 Å². The van der Waals surface area contributed by atoms with Crippen LogP contribution in [0.15, 0.2) is 53.6 Å². The van der Waals surface area contributed by atoms with Gasteiger partial charge in [0.05, 0.1) is 17.5 Å². The molecule has 0 saturated heterocycles. The van der Waals surface area contributed by atoms with Gasteiger partial charge in [0.15, 0.2) is 5.71 Å². The van der Waals surface area contributed by atoms with Crippen LogP contribution in [0, 0.1) is 13.8 Å². The second kappa shape index (κ2) is 9.06. The van der Waals surface area contributed by atoms with E-state index in [1.54, 1.807) is 5.01 Å². The Hall–Kier alpha value is -2.67. The molecule has 7 heteroatoms. The lowest BCUT2D eigenvalue weighted by Crippen LogP contribution is -2.46. The number of ether oxygens (including phenoxy) is 1. The number of carbonyl (C=O) groups excluding carboxylic acids is 1. The molecule has 172 valence electrons. The van der Waals surface area contributed by atoms with Gasteiger partial charge in [-0.25, -0.2) is 13.2 Å². The van der Waals surface area contributed by atoms with Gasteiger partial charge in [-0.15, -0.1) is 0 Å². The second-order valence-corrected chi connectivity index (χ2v) is 11.8. The molecule has 2 atom stereocenters. The molecule has 0 amide bonds. The third kappa shape index (κ3) is 6.19. The van der Waals surface area contributed by atoms with Crippen LogP contribution in [0.1, 0.15) is 49.8 Å². The summed E-state index contributed by atoms with van der Waals surface area (Å²) in [6.45, 7) is 9.44. The number of anilines is 1. The van der Waals surface area contributed by atoms with E-state index in [0.29, 0.717) is 6.42 Å². The molecule has 0 radical (unpaired) electrons. The highest BCUT2D eigenvalue weighted by atomic mass is 32.2. The van der Waals surface area contributed by atoms with Crippen molar-refractivity contribution in [2.24, 2.45) is 5.10 Å². The highest BCUT2D eigenvalue weighted by Crippen LogP contribution is 2.34. The van der Waals surface area contributed by atoms with Crippen LogP contribution in [0.25, 0.3) is 0 Å². The molecule has 0 aliphatic carbocycles. The van der Waals surface area contributed by atoms with Crippen LogP contribution in [0.3, 0.4) is 0 Å². The van der Waals surface area contributed by atoms with Gasteiger partial charge in [0.2, 0.25) is 0 Å². The number of hydrazone groups is 1. The van der Waals surface area contributed by atoms with Crippen molar-refractivity contribution in [3.05, 3.63) is 65.2 Å². The number of aryl methyl sites for hydroxylation is 2. The first kappa shape index (κ1) is 24.0. The number of carbonyl (C=O) groups is 1. The molecule has 1 aliphatic heterocycles. The molecule has 1 aliphatic rings. The fraction of sp³-hybridized carbons (Fsp3) is 0.440. The minimum atomic E-state index is -3.28. The molecule has 0 bridgehead atoms. The van der Waals surface area contributed by atoms with Crippen LogP contribution >= 0.6 is 0 Å². The zero-order valence-electron chi connectivity index (χ0n) is 19.6. The van der Waals surface area contributed by atoms with Crippen molar-refractivity contribution < 1.29 is 17.9 Å². The molecule has 3 rings (SSSR count). The van der Waals surface area contributed by atoms with E-state index in [2.05, 4.69) is 0 Å². The van der Waals surface area contributed by atoms with E-state index in [9.17, 15) is 13.2 Å². The van der Waals surface area contributed by atoms with Crippen LogP contribution in [0.4, 0.5) is 5.69 Å². The normalized spacial score (nSPS) is 19.4. The summed E-state index contributed by atoms with van der Waals surface area (Å²) in [5.74, 6) is -0.911. The lowest BCUT2D eigenvalue weighted by molar-refractivity contribution is -0.146. The number of benzene rings is 2. The van der Waals surface area contributed by atoms with Crippen molar-refractivity contribution in [1.29, 1.82) is 0 Å². The third-order valence-electron chi connectivity index (χ3n) is 5.28. The lowest BCUT2D eigenvalue weighted by Gasteiger charge is -2.37. The van der Waals surface area contributed by atoms with Crippen LogP contribution in [-0.2, 0) is 19.4 Å². The Balaban J connectivity index is 2.13. The molecule has 2 aromatic rings. The van der Waals surface area contributed by atoms with Crippen molar-refractivity contribution in [1.82, 2.24) is 0 Å².